The van der Waals surface area contributed by atoms with Crippen molar-refractivity contribution >= 4 is 39.5 Å². The number of aliphatic hydroxyl groups excluding tert-OH is 1. The van der Waals surface area contributed by atoms with E-state index in [1.807, 2.05) is 0 Å². The summed E-state index contributed by atoms with van der Waals surface area (Å²) < 4.78 is 67.6. The van der Waals surface area contributed by atoms with E-state index in [9.17, 15) is 43.2 Å². The molecule has 3 unspecified atom stereocenters. The van der Waals surface area contributed by atoms with E-state index in [1.165, 1.54) is 77.0 Å². The van der Waals surface area contributed by atoms with Gasteiger partial charge < -0.3 is 33.8 Å². The number of carbonyl (C=O) groups is 4. The molecule has 0 radical (unpaired) electrons. The third-order valence-electron chi connectivity index (χ3n) is 13.8. The predicted octanol–water partition coefficient (Wildman–Crippen LogP) is 16.2. The largest absolute Gasteiger partial charge is 0.472 e. The summed E-state index contributed by atoms with van der Waals surface area (Å²) in [7, 11) is -9.88. The average Bonchev–Trinajstić information content (AvgIpc) is 3.43. The molecule has 0 fully saturated rings. The van der Waals surface area contributed by atoms with Crippen molar-refractivity contribution < 1.29 is 80.2 Å². The van der Waals surface area contributed by atoms with Crippen LogP contribution < -0.4 is 0 Å². The normalized spacial score (nSPS) is 14.8. The van der Waals surface area contributed by atoms with Gasteiger partial charge in [-0.05, 0) is 57.3 Å². The number of phosphoric ester groups is 2. The van der Waals surface area contributed by atoms with Gasteiger partial charge >= 0.3 is 39.5 Å². The first-order valence-electron chi connectivity index (χ1n) is 31.5. The highest BCUT2D eigenvalue weighted by molar-refractivity contribution is 7.47. The second-order valence-electron chi connectivity index (χ2n) is 21.6. The van der Waals surface area contributed by atoms with Crippen LogP contribution in [0.25, 0.3) is 0 Å². The highest BCUT2D eigenvalue weighted by Gasteiger charge is 2.30. The lowest BCUT2D eigenvalue weighted by Crippen LogP contribution is -2.30. The Labute approximate surface area is 484 Å². The molecule has 0 aliphatic rings. The number of phosphoric acid groups is 2. The van der Waals surface area contributed by atoms with Gasteiger partial charge in [0, 0.05) is 25.7 Å². The number of hydrogen-bond donors (Lipinski definition) is 3. The monoisotopic (exact) mass is 1180 g/mol. The minimum atomic E-state index is -4.95. The molecule has 0 amide bonds. The zero-order valence-electron chi connectivity index (χ0n) is 50.7. The molecule has 0 saturated heterocycles. The molecule has 0 aliphatic carbocycles. The van der Waals surface area contributed by atoms with Gasteiger partial charge in [0.25, 0.3) is 0 Å². The molecule has 0 rings (SSSR count). The van der Waals surface area contributed by atoms with Crippen molar-refractivity contribution in [2.45, 2.75) is 297 Å². The Hall–Kier alpha value is -2.46. The topological polar surface area (TPSA) is 237 Å². The van der Waals surface area contributed by atoms with Gasteiger partial charge in [-0.25, -0.2) is 9.13 Å². The van der Waals surface area contributed by atoms with Gasteiger partial charge in [0.2, 0.25) is 0 Å². The van der Waals surface area contributed by atoms with Gasteiger partial charge in [0.05, 0.1) is 26.4 Å². The molecule has 80 heavy (non-hydrogen) atoms. The Morgan fingerprint density at radius 1 is 0.400 bits per heavy atom. The van der Waals surface area contributed by atoms with Crippen molar-refractivity contribution in [3.05, 3.63) is 24.3 Å². The lowest BCUT2D eigenvalue weighted by molar-refractivity contribution is -0.161. The third kappa shape index (κ3) is 53.5. The minimum absolute atomic E-state index is 0.0844. The highest BCUT2D eigenvalue weighted by Crippen LogP contribution is 2.45. The number of hydrogen-bond acceptors (Lipinski definition) is 15. The zero-order valence-corrected chi connectivity index (χ0v) is 52.5. The van der Waals surface area contributed by atoms with Crippen LogP contribution in [0.4, 0.5) is 0 Å². The lowest BCUT2D eigenvalue weighted by atomic mass is 9.99. The predicted molar refractivity (Wildman–Crippen MR) is 317 cm³/mol. The first-order chi connectivity index (χ1) is 38.6. The van der Waals surface area contributed by atoms with E-state index in [2.05, 4.69) is 58.9 Å². The number of carbonyl (C=O) groups excluding carboxylic acids is 4. The third-order valence-corrected chi connectivity index (χ3v) is 15.7. The van der Waals surface area contributed by atoms with E-state index in [1.54, 1.807) is 0 Å². The zero-order chi connectivity index (χ0) is 59.2. The van der Waals surface area contributed by atoms with Crippen LogP contribution in [-0.4, -0.2) is 96.7 Å². The van der Waals surface area contributed by atoms with Crippen molar-refractivity contribution in [2.24, 2.45) is 5.92 Å². The quantitative estimate of drug-likeness (QED) is 0.0169. The van der Waals surface area contributed by atoms with Crippen molar-refractivity contribution in [1.29, 1.82) is 0 Å². The fourth-order valence-electron chi connectivity index (χ4n) is 8.48. The summed E-state index contributed by atoms with van der Waals surface area (Å²) in [5, 5.41) is 10.5. The van der Waals surface area contributed by atoms with E-state index < -0.39 is 97.5 Å². The first kappa shape index (κ1) is 77.5. The number of allylic oxidation sites excluding steroid dienone is 4. The molecule has 0 bridgehead atoms. The molecule has 19 heteroatoms. The molecule has 470 valence electrons. The fourth-order valence-corrected chi connectivity index (χ4v) is 10.1. The van der Waals surface area contributed by atoms with Crippen LogP contribution in [0.15, 0.2) is 24.3 Å². The summed E-state index contributed by atoms with van der Waals surface area (Å²) in [6.07, 6.45) is 40.1. The van der Waals surface area contributed by atoms with Gasteiger partial charge in [-0.2, -0.15) is 0 Å². The van der Waals surface area contributed by atoms with E-state index in [0.717, 1.165) is 121 Å². The number of rotatable bonds is 59. The van der Waals surface area contributed by atoms with Gasteiger partial charge in [-0.15, -0.1) is 0 Å². The molecule has 0 aliphatic heterocycles. The smallest absolute Gasteiger partial charge is 0.462 e. The van der Waals surface area contributed by atoms with Gasteiger partial charge in [0.15, 0.2) is 12.2 Å². The molecule has 0 saturated carbocycles. The van der Waals surface area contributed by atoms with Crippen molar-refractivity contribution in [3.63, 3.8) is 0 Å². The lowest BCUT2D eigenvalue weighted by Gasteiger charge is -2.21. The number of unbranched alkanes of at least 4 members (excludes halogenated alkanes) is 27. The second-order valence-corrected chi connectivity index (χ2v) is 24.6. The van der Waals surface area contributed by atoms with Crippen molar-refractivity contribution in [1.82, 2.24) is 0 Å². The van der Waals surface area contributed by atoms with Crippen LogP contribution in [0.1, 0.15) is 279 Å². The maximum absolute atomic E-state index is 12.9. The van der Waals surface area contributed by atoms with Crippen LogP contribution in [-0.2, 0) is 65.4 Å². The molecule has 0 spiro atoms. The Bertz CT molecular complexity index is 1660. The molecule has 0 heterocycles. The second kappa shape index (κ2) is 54.5. The minimum Gasteiger partial charge on any atom is -0.462 e. The van der Waals surface area contributed by atoms with Crippen LogP contribution in [0, 0.1) is 5.92 Å². The molecule has 6 atom stereocenters. The Kier molecular flexibility index (Phi) is 52.8. The Balaban J connectivity index is 5.22. The Morgan fingerprint density at radius 2 is 0.700 bits per heavy atom. The molecular weight excluding hydrogens is 1070 g/mol. The summed E-state index contributed by atoms with van der Waals surface area (Å²) in [6.45, 7) is 6.98. The average molecular weight is 1180 g/mol. The van der Waals surface area contributed by atoms with E-state index in [0.29, 0.717) is 25.7 Å². The van der Waals surface area contributed by atoms with E-state index in [4.69, 9.17) is 37.0 Å². The summed E-state index contributed by atoms with van der Waals surface area (Å²) in [4.78, 5) is 71.7. The van der Waals surface area contributed by atoms with Gasteiger partial charge in [-0.3, -0.25) is 37.3 Å². The van der Waals surface area contributed by atoms with Crippen LogP contribution in [0.2, 0.25) is 0 Å². The van der Waals surface area contributed by atoms with Crippen LogP contribution in [0.5, 0.6) is 0 Å². The highest BCUT2D eigenvalue weighted by atomic mass is 31.2. The molecule has 0 aromatic rings. The summed E-state index contributed by atoms with van der Waals surface area (Å²) >= 11 is 0. The summed E-state index contributed by atoms with van der Waals surface area (Å²) in [6, 6.07) is 0. The van der Waals surface area contributed by atoms with Crippen molar-refractivity contribution in [3.8, 4) is 0 Å². The van der Waals surface area contributed by atoms with Crippen molar-refractivity contribution in [2.75, 3.05) is 39.6 Å². The molecule has 17 nitrogen and oxygen atoms in total. The SMILES string of the molecule is CCCCCC/C=C\C=C/CCCCCCCC(=O)O[C@H](COC(=O)CCCCCCCCCCC(C)CC)COP(=O)(O)OC[C@@H](O)COP(=O)(O)OC[C@@H](COC(=O)CCCCCCC)OC(=O)CCCCCCCCCC. The standard InChI is InChI=1S/C61H114O17P2/c1-6-10-13-16-18-20-21-22-23-24-25-26-32-37-42-47-61(66)78-57(51-72-59(64)45-40-35-31-28-27-29-34-38-43-54(5)9-4)53-76-80(69,70)74-49-55(62)48-73-79(67,68)75-52-56(50-71-58(63)44-39-33-15-12-8-3)77-60(65)46-41-36-30-19-17-14-11-7-2/h20-23,54-57,62H,6-19,24-53H2,1-5H3,(H,67,68)(H,69,70)/b21-20-,23-22-/t54?,55-,56+,57+/m0/s1. The summed E-state index contributed by atoms with van der Waals surface area (Å²) in [5.41, 5.74) is 0. The number of esters is 4. The van der Waals surface area contributed by atoms with Gasteiger partial charge in [-0.1, -0.05) is 226 Å². The molecule has 0 aromatic heterocycles. The first-order valence-corrected chi connectivity index (χ1v) is 34.5. The molecular formula is C61H114O17P2. The van der Waals surface area contributed by atoms with E-state index in [-0.39, 0.29) is 25.7 Å². The van der Waals surface area contributed by atoms with Crippen LogP contribution >= 0.6 is 15.6 Å². The maximum Gasteiger partial charge on any atom is 0.472 e. The number of aliphatic hydroxyl groups is 1. The molecule has 0 aromatic carbocycles. The van der Waals surface area contributed by atoms with Crippen LogP contribution in [0.3, 0.4) is 0 Å². The number of ether oxygens (including phenoxy) is 4. The molecule has 3 N–H and O–H groups in total. The Morgan fingerprint density at radius 3 is 1.06 bits per heavy atom. The van der Waals surface area contributed by atoms with Gasteiger partial charge in [0.1, 0.15) is 19.3 Å². The summed E-state index contributed by atoms with van der Waals surface area (Å²) in [5.74, 6) is -1.41. The van der Waals surface area contributed by atoms with E-state index >= 15 is 0 Å². The maximum atomic E-state index is 12.9. The fraction of sp³-hybridized carbons (Fsp3) is 0.869.